The van der Waals surface area contributed by atoms with Gasteiger partial charge in [-0.05, 0) is 17.8 Å². The molecule has 0 spiro atoms. The molecule has 3 rings (SSSR count). The van der Waals surface area contributed by atoms with Crippen molar-refractivity contribution in [3.8, 4) is 0 Å². The number of carboxylic acid groups (broad SMARTS) is 1. The molecular weight excluding hydrogens is 349 g/mol. The lowest BCUT2D eigenvalue weighted by molar-refractivity contribution is -0.150. The summed E-state index contributed by atoms with van der Waals surface area (Å²) in [5, 5.41) is 12.0. The Morgan fingerprint density at radius 1 is 1.31 bits per heavy atom. The molecule has 5 nitrogen and oxygen atoms in total. The van der Waals surface area contributed by atoms with Gasteiger partial charge < -0.3 is 15.3 Å². The lowest BCUT2D eigenvalue weighted by atomic mass is 10.00. The number of nitrogens with one attached hydrogen (secondary N) is 1. The third kappa shape index (κ3) is 2.81. The monoisotopic (exact) mass is 370 g/mol. The first-order chi connectivity index (χ1) is 12.1. The van der Waals surface area contributed by atoms with Gasteiger partial charge in [0.05, 0.1) is 0 Å². The number of carbonyl (C=O) groups excluding carboxylic acids is 1. The van der Waals surface area contributed by atoms with E-state index in [0.717, 1.165) is 0 Å². The fourth-order valence-electron chi connectivity index (χ4n) is 4.19. The number of benzene rings is 1. The van der Waals surface area contributed by atoms with Gasteiger partial charge in [0, 0.05) is 24.6 Å². The van der Waals surface area contributed by atoms with Gasteiger partial charge in [0.15, 0.2) is 11.6 Å². The summed E-state index contributed by atoms with van der Waals surface area (Å²) in [5.74, 6) is -4.97. The summed E-state index contributed by atoms with van der Waals surface area (Å²) in [4.78, 5) is 25.8. The summed E-state index contributed by atoms with van der Waals surface area (Å²) in [6, 6.07) is -0.903. The van der Waals surface area contributed by atoms with E-state index in [0.29, 0.717) is 18.7 Å². The molecule has 1 aliphatic carbocycles. The molecule has 1 aromatic carbocycles. The van der Waals surface area contributed by atoms with Crippen molar-refractivity contribution in [1.82, 2.24) is 4.90 Å². The van der Waals surface area contributed by atoms with Crippen LogP contribution in [-0.2, 0) is 9.59 Å². The number of hydrogen-bond acceptors (Lipinski definition) is 3. The number of halogens is 3. The zero-order valence-electron chi connectivity index (χ0n) is 14.7. The maximum absolute atomic E-state index is 13.9. The molecule has 1 saturated heterocycles. The topological polar surface area (TPSA) is 69.6 Å². The number of aliphatic carboxylic acids is 1. The van der Waals surface area contributed by atoms with Crippen LogP contribution in [0.5, 0.6) is 0 Å². The van der Waals surface area contributed by atoms with Crippen LogP contribution in [0.1, 0.15) is 27.2 Å². The van der Waals surface area contributed by atoms with Gasteiger partial charge >= 0.3 is 5.97 Å². The van der Waals surface area contributed by atoms with E-state index >= 15 is 0 Å². The van der Waals surface area contributed by atoms with E-state index in [4.69, 9.17) is 0 Å². The molecule has 0 aromatic heterocycles. The molecule has 2 aliphatic rings. The Hall–Kier alpha value is -2.25. The molecule has 1 aliphatic heterocycles. The van der Waals surface area contributed by atoms with Crippen LogP contribution in [0.2, 0.25) is 0 Å². The Bertz CT molecular complexity index is 745. The normalized spacial score (nSPS) is 27.0. The van der Waals surface area contributed by atoms with Crippen LogP contribution in [0.15, 0.2) is 12.1 Å². The predicted molar refractivity (Wildman–Crippen MR) is 87.9 cm³/mol. The number of likely N-dealkylation sites (tertiary alicyclic amines) is 1. The Morgan fingerprint density at radius 2 is 1.88 bits per heavy atom. The standard InChI is InChI=1S/C18H21F3N2O3/c1-4-12(22-14-10(20)5-8(19)6-11(14)21)16(24)23-7-9-13(18(9,2)3)15(23)17(25)26/h5-6,9,12-13,15,22H,4,7H2,1-3H3,(H,25,26)/t9-,12+,13-,15-/m0/s1. The fourth-order valence-corrected chi connectivity index (χ4v) is 4.19. The number of piperidine rings is 1. The van der Waals surface area contributed by atoms with E-state index in [9.17, 15) is 27.9 Å². The maximum Gasteiger partial charge on any atom is 0.326 e. The minimum atomic E-state index is -1.14. The fraction of sp³-hybridized carbons (Fsp3) is 0.556. The van der Waals surface area contributed by atoms with Crippen LogP contribution in [0.3, 0.4) is 0 Å². The van der Waals surface area contributed by atoms with Gasteiger partial charge in [0.1, 0.15) is 23.6 Å². The molecule has 1 amide bonds. The Kier molecular flexibility index (Phi) is 4.40. The molecule has 8 heteroatoms. The zero-order valence-corrected chi connectivity index (χ0v) is 14.7. The second kappa shape index (κ2) is 6.17. The summed E-state index contributed by atoms with van der Waals surface area (Å²) >= 11 is 0. The maximum atomic E-state index is 13.9. The predicted octanol–water partition coefficient (Wildman–Crippen LogP) is 2.86. The van der Waals surface area contributed by atoms with Crippen molar-refractivity contribution in [3.63, 3.8) is 0 Å². The van der Waals surface area contributed by atoms with Crippen LogP contribution < -0.4 is 5.32 Å². The van der Waals surface area contributed by atoms with Gasteiger partial charge in [0.25, 0.3) is 0 Å². The molecular formula is C18H21F3N2O3. The van der Waals surface area contributed by atoms with Gasteiger partial charge in [0.2, 0.25) is 5.91 Å². The van der Waals surface area contributed by atoms with E-state index in [-0.39, 0.29) is 23.7 Å². The molecule has 2 N–H and O–H groups in total. The average Bonchev–Trinajstić information content (AvgIpc) is 2.92. The van der Waals surface area contributed by atoms with Gasteiger partial charge in [-0.2, -0.15) is 0 Å². The number of nitrogens with zero attached hydrogens (tertiary/aromatic N) is 1. The highest BCUT2D eigenvalue weighted by Gasteiger charge is 2.69. The van der Waals surface area contributed by atoms with Crippen LogP contribution in [0.4, 0.5) is 18.9 Å². The number of carbonyl (C=O) groups is 2. The van der Waals surface area contributed by atoms with Crippen LogP contribution in [0, 0.1) is 34.7 Å². The highest BCUT2D eigenvalue weighted by Crippen LogP contribution is 2.64. The van der Waals surface area contributed by atoms with Crippen LogP contribution >= 0.6 is 0 Å². The number of anilines is 1. The molecule has 26 heavy (non-hydrogen) atoms. The van der Waals surface area contributed by atoms with Gasteiger partial charge in [-0.1, -0.05) is 20.8 Å². The Balaban J connectivity index is 1.81. The number of rotatable bonds is 5. The summed E-state index contributed by atoms with van der Waals surface area (Å²) in [5.41, 5.74) is -0.729. The highest BCUT2D eigenvalue weighted by atomic mass is 19.1. The van der Waals surface area contributed by atoms with E-state index in [1.54, 1.807) is 6.92 Å². The minimum absolute atomic E-state index is 0.101. The van der Waals surface area contributed by atoms with E-state index in [1.165, 1.54) is 4.90 Å². The molecule has 1 heterocycles. The van der Waals surface area contributed by atoms with Gasteiger partial charge in [-0.25, -0.2) is 18.0 Å². The molecule has 0 unspecified atom stereocenters. The second-order valence-electron chi connectivity index (χ2n) is 7.58. The van der Waals surface area contributed by atoms with Crippen molar-refractivity contribution in [2.24, 2.45) is 17.3 Å². The first kappa shape index (κ1) is 18.5. The zero-order chi connectivity index (χ0) is 19.4. The van der Waals surface area contributed by atoms with Crippen molar-refractivity contribution < 1.29 is 27.9 Å². The molecule has 0 bridgehead atoms. The average molecular weight is 370 g/mol. The SMILES string of the molecule is CC[C@@H](Nc1c(F)cc(F)cc1F)C(=O)N1C[C@H]2[C@@H]([C@H]1C(=O)O)C2(C)C. The quantitative estimate of drug-likeness (QED) is 0.836. The third-order valence-electron chi connectivity index (χ3n) is 5.78. The van der Waals surface area contributed by atoms with Crippen molar-refractivity contribution in [2.45, 2.75) is 39.3 Å². The summed E-state index contributed by atoms with van der Waals surface area (Å²) in [6.07, 6.45) is 0.191. The number of carboxylic acids is 1. The summed E-state index contributed by atoms with van der Waals surface area (Å²) in [6.45, 7) is 5.89. The van der Waals surface area contributed by atoms with Crippen molar-refractivity contribution in [3.05, 3.63) is 29.6 Å². The highest BCUT2D eigenvalue weighted by molar-refractivity contribution is 5.90. The first-order valence-corrected chi connectivity index (χ1v) is 8.54. The summed E-state index contributed by atoms with van der Waals surface area (Å²) in [7, 11) is 0. The van der Waals surface area contributed by atoms with Crippen LogP contribution in [0.25, 0.3) is 0 Å². The number of fused-ring (bicyclic) bond motifs is 1. The van der Waals surface area contributed by atoms with Crippen molar-refractivity contribution >= 4 is 17.6 Å². The first-order valence-electron chi connectivity index (χ1n) is 8.54. The van der Waals surface area contributed by atoms with Gasteiger partial charge in [-0.3, -0.25) is 4.79 Å². The van der Waals surface area contributed by atoms with E-state index in [1.807, 2.05) is 13.8 Å². The third-order valence-corrected chi connectivity index (χ3v) is 5.78. The number of hydrogen-bond donors (Lipinski definition) is 2. The molecule has 4 atom stereocenters. The van der Waals surface area contributed by atoms with Crippen molar-refractivity contribution in [2.75, 3.05) is 11.9 Å². The number of amides is 1. The van der Waals surface area contributed by atoms with Gasteiger partial charge in [-0.15, -0.1) is 0 Å². The Morgan fingerprint density at radius 3 is 2.38 bits per heavy atom. The second-order valence-corrected chi connectivity index (χ2v) is 7.58. The minimum Gasteiger partial charge on any atom is -0.480 e. The van der Waals surface area contributed by atoms with E-state index in [2.05, 4.69) is 5.32 Å². The molecule has 2 fully saturated rings. The lowest BCUT2D eigenvalue weighted by Gasteiger charge is -2.31. The smallest absolute Gasteiger partial charge is 0.326 e. The van der Waals surface area contributed by atoms with E-state index < -0.39 is 47.1 Å². The lowest BCUT2D eigenvalue weighted by Crippen LogP contribution is -2.51. The summed E-state index contributed by atoms with van der Waals surface area (Å²) < 4.78 is 40.8. The Labute approximate surface area is 149 Å². The van der Waals surface area contributed by atoms with Crippen molar-refractivity contribution in [1.29, 1.82) is 0 Å². The largest absolute Gasteiger partial charge is 0.480 e. The molecule has 1 saturated carbocycles. The molecule has 1 aromatic rings. The molecule has 0 radical (unpaired) electrons. The van der Waals surface area contributed by atoms with Crippen LogP contribution in [-0.4, -0.2) is 40.5 Å². The molecule has 142 valence electrons.